The summed E-state index contributed by atoms with van der Waals surface area (Å²) in [5.41, 5.74) is 3.14. The lowest BCUT2D eigenvalue weighted by Gasteiger charge is -2.36. The number of nitrogens with zero attached hydrogens (tertiary/aromatic N) is 5. The Bertz CT molecular complexity index is 1210. The van der Waals surface area contributed by atoms with Crippen molar-refractivity contribution in [1.29, 1.82) is 0 Å². The molecule has 1 fully saturated rings. The Morgan fingerprint density at radius 3 is 2.61 bits per heavy atom. The third-order valence-electron chi connectivity index (χ3n) is 5.92. The molecule has 0 spiro atoms. The summed E-state index contributed by atoms with van der Waals surface area (Å²) in [5.74, 6) is 1.79. The highest BCUT2D eigenvalue weighted by Crippen LogP contribution is 2.30. The van der Waals surface area contributed by atoms with E-state index in [0.717, 1.165) is 33.2 Å². The van der Waals surface area contributed by atoms with Crippen molar-refractivity contribution in [3.8, 4) is 11.4 Å². The van der Waals surface area contributed by atoms with E-state index in [2.05, 4.69) is 39.9 Å². The van der Waals surface area contributed by atoms with Crippen LogP contribution in [-0.4, -0.2) is 62.8 Å². The third-order valence-corrected chi connectivity index (χ3v) is 8.08. The van der Waals surface area contributed by atoms with Gasteiger partial charge in [-0.1, -0.05) is 58.9 Å². The zero-order chi connectivity index (χ0) is 22.8. The molecular weight excluding hydrogens is 454 g/mol. The number of rotatable bonds is 6. The van der Waals surface area contributed by atoms with Gasteiger partial charge < -0.3 is 9.42 Å². The number of aryl methyl sites for hydroxylation is 1. The van der Waals surface area contributed by atoms with Crippen molar-refractivity contribution in [1.82, 2.24) is 24.9 Å². The minimum absolute atomic E-state index is 0.00562. The van der Waals surface area contributed by atoms with Crippen LogP contribution in [0.3, 0.4) is 0 Å². The lowest BCUT2D eigenvalue weighted by molar-refractivity contribution is -0.130. The molecule has 1 amide bonds. The molecule has 1 unspecified atom stereocenters. The van der Waals surface area contributed by atoms with Crippen molar-refractivity contribution < 1.29 is 9.32 Å². The van der Waals surface area contributed by atoms with Crippen LogP contribution in [0.4, 0.5) is 0 Å². The number of benzene rings is 2. The first-order valence-corrected chi connectivity index (χ1v) is 12.8. The van der Waals surface area contributed by atoms with E-state index in [-0.39, 0.29) is 11.9 Å². The predicted molar refractivity (Wildman–Crippen MR) is 131 cm³/mol. The number of carbonyl (C=O) groups is 1. The predicted octanol–water partition coefficient (Wildman–Crippen LogP) is 4.65. The number of hydrogen-bond donors (Lipinski definition) is 0. The number of thiazole rings is 1. The molecule has 33 heavy (non-hydrogen) atoms. The van der Waals surface area contributed by atoms with Crippen molar-refractivity contribution in [2.45, 2.75) is 24.2 Å². The highest BCUT2D eigenvalue weighted by molar-refractivity contribution is 8.01. The highest BCUT2D eigenvalue weighted by atomic mass is 32.2. The van der Waals surface area contributed by atoms with Gasteiger partial charge in [-0.05, 0) is 26.0 Å². The maximum Gasteiger partial charge on any atom is 0.244 e. The average molecular weight is 480 g/mol. The number of thioether (sulfide) groups is 1. The fraction of sp³-hybridized carbons (Fsp3) is 0.333. The van der Waals surface area contributed by atoms with Crippen molar-refractivity contribution in [2.24, 2.45) is 0 Å². The van der Waals surface area contributed by atoms with Crippen LogP contribution >= 0.6 is 23.1 Å². The second-order valence-corrected chi connectivity index (χ2v) is 10.4. The Hall–Kier alpha value is -2.75. The molecule has 0 aliphatic carbocycles. The van der Waals surface area contributed by atoms with Crippen LogP contribution in [0.2, 0.25) is 0 Å². The number of carbonyl (C=O) groups excluding carboxylic acids is 1. The first kappa shape index (κ1) is 22.1. The molecule has 3 heterocycles. The molecule has 9 heteroatoms. The van der Waals surface area contributed by atoms with Crippen LogP contribution in [0.5, 0.6) is 0 Å². The maximum atomic E-state index is 12.7. The fourth-order valence-electron chi connectivity index (χ4n) is 3.87. The van der Waals surface area contributed by atoms with E-state index in [1.54, 1.807) is 11.3 Å². The molecule has 1 aliphatic heterocycles. The Kier molecular flexibility index (Phi) is 6.43. The number of para-hydroxylation sites is 1. The zero-order valence-corrected chi connectivity index (χ0v) is 20.2. The third kappa shape index (κ3) is 4.95. The van der Waals surface area contributed by atoms with Crippen LogP contribution in [0.25, 0.3) is 21.6 Å². The van der Waals surface area contributed by atoms with Gasteiger partial charge in [0.1, 0.15) is 0 Å². The van der Waals surface area contributed by atoms with Crippen LogP contribution in [-0.2, 0) is 4.79 Å². The zero-order valence-electron chi connectivity index (χ0n) is 18.6. The van der Waals surface area contributed by atoms with Crippen molar-refractivity contribution >= 4 is 39.2 Å². The fourth-order valence-corrected chi connectivity index (χ4v) is 5.84. The molecular formula is C24H25N5O2S2. The van der Waals surface area contributed by atoms with Crippen LogP contribution < -0.4 is 0 Å². The van der Waals surface area contributed by atoms with E-state index in [1.165, 1.54) is 17.3 Å². The van der Waals surface area contributed by atoms with Crippen molar-refractivity contribution in [3.05, 3.63) is 60.0 Å². The van der Waals surface area contributed by atoms with E-state index in [1.807, 2.05) is 47.4 Å². The minimum Gasteiger partial charge on any atom is -0.339 e. The molecule has 4 aromatic rings. The highest BCUT2D eigenvalue weighted by Gasteiger charge is 2.28. The van der Waals surface area contributed by atoms with Crippen LogP contribution in [0.1, 0.15) is 24.4 Å². The van der Waals surface area contributed by atoms with Gasteiger partial charge in [-0.3, -0.25) is 9.69 Å². The summed E-state index contributed by atoms with van der Waals surface area (Å²) < 4.78 is 7.66. The molecule has 7 nitrogen and oxygen atoms in total. The molecule has 1 atom stereocenters. The number of hydrogen-bond acceptors (Lipinski definition) is 8. The van der Waals surface area contributed by atoms with Crippen LogP contribution in [0.15, 0.2) is 57.4 Å². The van der Waals surface area contributed by atoms with Gasteiger partial charge in [0.05, 0.1) is 22.0 Å². The second-order valence-electron chi connectivity index (χ2n) is 8.15. The standard InChI is InChI=1S/C24H25N5O2S2/c1-16-7-9-18(10-8-16)22-26-23(31-27-22)17(2)28-11-13-29(14-12-28)21(30)15-32-24-25-19-5-3-4-6-20(19)33-24/h3-10,17H,11-15H2,1-2H3. The van der Waals surface area contributed by atoms with Gasteiger partial charge in [0.2, 0.25) is 17.6 Å². The average Bonchev–Trinajstić information content (AvgIpc) is 3.50. The lowest BCUT2D eigenvalue weighted by Crippen LogP contribution is -2.49. The number of fused-ring (bicyclic) bond motifs is 1. The van der Waals surface area contributed by atoms with E-state index in [9.17, 15) is 4.79 Å². The summed E-state index contributed by atoms with van der Waals surface area (Å²) in [6.45, 7) is 7.08. The van der Waals surface area contributed by atoms with Gasteiger partial charge in [-0.15, -0.1) is 11.3 Å². The first-order valence-electron chi connectivity index (χ1n) is 11.0. The summed E-state index contributed by atoms with van der Waals surface area (Å²) in [5, 5.41) is 4.16. The van der Waals surface area contributed by atoms with Gasteiger partial charge in [0.15, 0.2) is 4.34 Å². The van der Waals surface area contributed by atoms with E-state index >= 15 is 0 Å². The first-order chi connectivity index (χ1) is 16.1. The van der Waals surface area contributed by atoms with Gasteiger partial charge in [-0.25, -0.2) is 4.98 Å². The Morgan fingerprint density at radius 2 is 1.85 bits per heavy atom. The SMILES string of the molecule is Cc1ccc(-c2noc(C(C)N3CCN(C(=O)CSc4nc5ccccc5s4)CC3)n2)cc1. The Balaban J connectivity index is 1.13. The van der Waals surface area contributed by atoms with Gasteiger partial charge in [0, 0.05) is 31.7 Å². The molecule has 2 aromatic carbocycles. The normalized spacial score (nSPS) is 15.8. The summed E-state index contributed by atoms with van der Waals surface area (Å²) in [4.78, 5) is 26.2. The Labute approximate surface area is 200 Å². The summed E-state index contributed by atoms with van der Waals surface area (Å²) in [6, 6.07) is 16.2. The largest absolute Gasteiger partial charge is 0.339 e. The minimum atomic E-state index is 0.00562. The molecule has 0 N–H and O–H groups in total. The van der Waals surface area contributed by atoms with Crippen molar-refractivity contribution in [3.63, 3.8) is 0 Å². The van der Waals surface area contributed by atoms with Crippen molar-refractivity contribution in [2.75, 3.05) is 31.9 Å². The quantitative estimate of drug-likeness (QED) is 0.373. The van der Waals surface area contributed by atoms with Gasteiger partial charge in [0.25, 0.3) is 0 Å². The maximum absolute atomic E-state index is 12.7. The number of aromatic nitrogens is 3. The molecule has 0 saturated carbocycles. The molecule has 1 aliphatic rings. The molecule has 0 bridgehead atoms. The van der Waals surface area contributed by atoms with E-state index in [4.69, 9.17) is 4.52 Å². The monoisotopic (exact) mass is 479 g/mol. The van der Waals surface area contributed by atoms with Crippen LogP contribution in [0, 0.1) is 6.92 Å². The smallest absolute Gasteiger partial charge is 0.244 e. The Morgan fingerprint density at radius 1 is 1.09 bits per heavy atom. The van der Waals surface area contributed by atoms with Gasteiger partial charge in [-0.2, -0.15) is 4.98 Å². The molecule has 170 valence electrons. The topological polar surface area (TPSA) is 75.4 Å². The molecule has 0 radical (unpaired) electrons. The number of piperazine rings is 1. The second kappa shape index (κ2) is 9.62. The molecule has 1 saturated heterocycles. The molecule has 5 rings (SSSR count). The number of amides is 1. The summed E-state index contributed by atoms with van der Waals surface area (Å²) in [7, 11) is 0. The summed E-state index contributed by atoms with van der Waals surface area (Å²) >= 11 is 3.16. The lowest BCUT2D eigenvalue weighted by atomic mass is 10.1. The van der Waals surface area contributed by atoms with E-state index in [0.29, 0.717) is 30.6 Å². The summed E-state index contributed by atoms with van der Waals surface area (Å²) in [6.07, 6.45) is 0. The van der Waals surface area contributed by atoms with Gasteiger partial charge >= 0.3 is 0 Å². The molecule has 2 aromatic heterocycles. The van der Waals surface area contributed by atoms with E-state index < -0.39 is 0 Å².